The number of carboxylic acids is 2. The molecular weight excluding hydrogens is 280 g/mol. The van der Waals surface area contributed by atoms with Crippen molar-refractivity contribution in [2.75, 3.05) is 0 Å². The molecule has 0 saturated heterocycles. The van der Waals surface area contributed by atoms with Crippen LogP contribution in [0.15, 0.2) is 0 Å². The summed E-state index contributed by atoms with van der Waals surface area (Å²) in [4.78, 5) is 45.0. The van der Waals surface area contributed by atoms with E-state index in [0.29, 0.717) is 0 Å². The molecule has 0 radical (unpaired) electrons. The Kier molecular flexibility index (Phi) is 6.84. The first-order valence-electron chi connectivity index (χ1n) is 6.51. The lowest BCUT2D eigenvalue weighted by molar-refractivity contribution is -0.143. The van der Waals surface area contributed by atoms with Crippen LogP contribution >= 0.6 is 0 Å². The third-order valence-electron chi connectivity index (χ3n) is 2.68. The lowest BCUT2D eigenvalue weighted by Gasteiger charge is -2.22. The lowest BCUT2D eigenvalue weighted by Crippen LogP contribution is -2.52. The second kappa shape index (κ2) is 7.61. The van der Waals surface area contributed by atoms with Crippen molar-refractivity contribution in [2.45, 2.75) is 52.6 Å². The number of amides is 2. The van der Waals surface area contributed by atoms with Gasteiger partial charge in [0.15, 0.2) is 0 Å². The van der Waals surface area contributed by atoms with Gasteiger partial charge < -0.3 is 20.8 Å². The van der Waals surface area contributed by atoms with E-state index in [9.17, 15) is 19.2 Å². The van der Waals surface area contributed by atoms with Gasteiger partial charge >= 0.3 is 11.9 Å². The minimum Gasteiger partial charge on any atom is -0.481 e. The van der Waals surface area contributed by atoms with E-state index in [4.69, 9.17) is 10.2 Å². The van der Waals surface area contributed by atoms with Gasteiger partial charge in [-0.3, -0.25) is 14.4 Å². The Morgan fingerprint density at radius 1 is 1.05 bits per heavy atom. The molecule has 0 heterocycles. The maximum absolute atomic E-state index is 11.8. The van der Waals surface area contributed by atoms with Gasteiger partial charge in [-0.15, -0.1) is 0 Å². The monoisotopic (exact) mass is 302 g/mol. The molecule has 0 saturated carbocycles. The third kappa shape index (κ3) is 7.28. The summed E-state index contributed by atoms with van der Waals surface area (Å²) >= 11 is 0. The quantitative estimate of drug-likeness (QED) is 0.522. The molecule has 21 heavy (non-hydrogen) atoms. The van der Waals surface area contributed by atoms with Gasteiger partial charge in [0.2, 0.25) is 11.8 Å². The Labute approximate surface area is 122 Å². The summed E-state index contributed by atoms with van der Waals surface area (Å²) in [7, 11) is 0. The van der Waals surface area contributed by atoms with Crippen molar-refractivity contribution >= 4 is 23.8 Å². The fourth-order valence-electron chi connectivity index (χ4n) is 1.30. The number of hydrogen-bond donors (Lipinski definition) is 4. The third-order valence-corrected chi connectivity index (χ3v) is 2.68. The van der Waals surface area contributed by atoms with Crippen LogP contribution in [-0.4, -0.2) is 46.0 Å². The Morgan fingerprint density at radius 2 is 1.57 bits per heavy atom. The van der Waals surface area contributed by atoms with Crippen molar-refractivity contribution in [1.29, 1.82) is 0 Å². The molecule has 0 fully saturated rings. The van der Waals surface area contributed by atoms with E-state index in [0.717, 1.165) is 0 Å². The molecular formula is C13H22N2O6. The molecule has 8 nitrogen and oxygen atoms in total. The number of carbonyl (C=O) groups is 4. The summed E-state index contributed by atoms with van der Waals surface area (Å²) in [5.41, 5.74) is -0.677. The predicted octanol–water partition coefficient (Wildman–Crippen LogP) is -0.0286. The number of aliphatic carboxylic acids is 2. The minimum absolute atomic E-state index is 0.226. The average molecular weight is 302 g/mol. The van der Waals surface area contributed by atoms with Crippen LogP contribution in [0.4, 0.5) is 0 Å². The molecule has 2 amide bonds. The van der Waals surface area contributed by atoms with Gasteiger partial charge in [-0.25, -0.2) is 4.79 Å². The first kappa shape index (κ1) is 18.9. The molecule has 8 heteroatoms. The van der Waals surface area contributed by atoms with Gasteiger partial charge in [-0.2, -0.15) is 0 Å². The summed E-state index contributed by atoms with van der Waals surface area (Å²) in [6.45, 7) is 6.47. The van der Waals surface area contributed by atoms with E-state index in [1.54, 1.807) is 20.8 Å². The van der Waals surface area contributed by atoms with Crippen LogP contribution in [0.2, 0.25) is 0 Å². The number of hydrogen-bond acceptors (Lipinski definition) is 4. The highest BCUT2D eigenvalue weighted by molar-refractivity contribution is 5.91. The molecule has 0 aliphatic heterocycles. The topological polar surface area (TPSA) is 133 Å². The van der Waals surface area contributed by atoms with Gasteiger partial charge in [0, 0.05) is 11.8 Å². The summed E-state index contributed by atoms with van der Waals surface area (Å²) in [5, 5.41) is 22.1. The first-order valence-corrected chi connectivity index (χ1v) is 6.51. The van der Waals surface area contributed by atoms with E-state index in [1.165, 1.54) is 6.92 Å². The molecule has 4 N–H and O–H groups in total. The molecule has 0 rings (SSSR count). The zero-order valence-corrected chi connectivity index (χ0v) is 12.6. The molecule has 120 valence electrons. The fraction of sp³-hybridized carbons (Fsp3) is 0.692. The zero-order valence-electron chi connectivity index (χ0n) is 12.6. The highest BCUT2D eigenvalue weighted by Crippen LogP contribution is 2.12. The molecule has 0 spiro atoms. The Hall–Kier alpha value is -2.12. The van der Waals surface area contributed by atoms with Gasteiger partial charge in [-0.1, -0.05) is 20.8 Å². The van der Waals surface area contributed by atoms with Crippen molar-refractivity contribution in [3.05, 3.63) is 0 Å². The van der Waals surface area contributed by atoms with Crippen molar-refractivity contribution in [1.82, 2.24) is 10.6 Å². The van der Waals surface area contributed by atoms with Crippen LogP contribution in [-0.2, 0) is 19.2 Å². The van der Waals surface area contributed by atoms with E-state index in [2.05, 4.69) is 10.6 Å². The SMILES string of the molecule is CC(NC(=O)C(C)(C)C)C(=O)NC(CCC(=O)O)C(=O)O. The van der Waals surface area contributed by atoms with Crippen LogP contribution in [0.5, 0.6) is 0 Å². The van der Waals surface area contributed by atoms with E-state index < -0.39 is 35.3 Å². The fourth-order valence-corrected chi connectivity index (χ4v) is 1.30. The van der Waals surface area contributed by atoms with Crippen molar-refractivity contribution in [3.63, 3.8) is 0 Å². The van der Waals surface area contributed by atoms with Gasteiger partial charge in [-0.05, 0) is 13.3 Å². The van der Waals surface area contributed by atoms with Crippen molar-refractivity contribution in [3.8, 4) is 0 Å². The van der Waals surface area contributed by atoms with Crippen LogP contribution in [0, 0.1) is 5.41 Å². The van der Waals surface area contributed by atoms with Gasteiger partial charge in [0.1, 0.15) is 12.1 Å². The number of rotatable bonds is 7. The maximum atomic E-state index is 11.8. The summed E-state index contributed by atoms with van der Waals surface area (Å²) in [6.07, 6.45) is -0.601. The van der Waals surface area contributed by atoms with Gasteiger partial charge in [0.25, 0.3) is 0 Å². The lowest BCUT2D eigenvalue weighted by atomic mass is 9.95. The van der Waals surface area contributed by atoms with Crippen LogP contribution < -0.4 is 10.6 Å². The molecule has 2 atom stereocenters. The largest absolute Gasteiger partial charge is 0.481 e. The smallest absolute Gasteiger partial charge is 0.326 e. The minimum atomic E-state index is -1.32. The Bertz CT molecular complexity index is 427. The number of nitrogens with one attached hydrogen (secondary N) is 2. The van der Waals surface area contributed by atoms with Crippen LogP contribution in [0.25, 0.3) is 0 Å². The highest BCUT2D eigenvalue weighted by Gasteiger charge is 2.27. The summed E-state index contributed by atoms with van der Waals surface area (Å²) in [6, 6.07) is -2.22. The predicted molar refractivity (Wildman–Crippen MR) is 73.5 cm³/mol. The normalized spacial score (nSPS) is 13.9. The summed E-state index contributed by atoms with van der Waals surface area (Å²) in [5.74, 6) is -3.49. The van der Waals surface area contributed by atoms with E-state index in [1.807, 2.05) is 0 Å². The molecule has 2 unspecified atom stereocenters. The van der Waals surface area contributed by atoms with Crippen LogP contribution in [0.3, 0.4) is 0 Å². The van der Waals surface area contributed by atoms with E-state index >= 15 is 0 Å². The second-order valence-corrected chi connectivity index (χ2v) is 5.78. The molecule has 0 aromatic carbocycles. The van der Waals surface area contributed by atoms with Crippen LogP contribution in [0.1, 0.15) is 40.5 Å². The Balaban J connectivity index is 4.58. The Morgan fingerprint density at radius 3 is 1.95 bits per heavy atom. The second-order valence-electron chi connectivity index (χ2n) is 5.78. The zero-order chi connectivity index (χ0) is 16.8. The van der Waals surface area contributed by atoms with Crippen molar-refractivity contribution in [2.24, 2.45) is 5.41 Å². The average Bonchev–Trinajstić information content (AvgIpc) is 2.31. The maximum Gasteiger partial charge on any atom is 0.326 e. The molecule has 0 aliphatic rings. The molecule has 0 aliphatic carbocycles. The summed E-state index contributed by atoms with van der Waals surface area (Å²) < 4.78 is 0. The molecule has 0 aromatic heterocycles. The first-order chi connectivity index (χ1) is 9.45. The molecule has 0 aromatic rings. The van der Waals surface area contributed by atoms with E-state index in [-0.39, 0.29) is 18.7 Å². The molecule has 0 bridgehead atoms. The highest BCUT2D eigenvalue weighted by atomic mass is 16.4. The van der Waals surface area contributed by atoms with Crippen molar-refractivity contribution < 1.29 is 29.4 Å². The standard InChI is InChI=1S/C13H22N2O6/c1-7(14-12(21)13(2,3)4)10(18)15-8(11(19)20)5-6-9(16)17/h7-8H,5-6H2,1-4H3,(H,14,21)(H,15,18)(H,16,17)(H,19,20). The van der Waals surface area contributed by atoms with Gasteiger partial charge in [0.05, 0.1) is 0 Å². The number of carbonyl (C=O) groups excluding carboxylic acids is 2. The number of carboxylic acid groups (broad SMARTS) is 2.